The molecule has 0 heterocycles. The van der Waals surface area contributed by atoms with Crippen LogP contribution < -0.4 is 5.32 Å². The van der Waals surface area contributed by atoms with E-state index in [1.165, 1.54) is 5.57 Å². The van der Waals surface area contributed by atoms with E-state index in [0.29, 0.717) is 0 Å². The Hall–Kier alpha value is -2.54. The van der Waals surface area contributed by atoms with Gasteiger partial charge >= 0.3 is 0 Å². The Kier molecular flexibility index (Phi) is 10.7. The van der Waals surface area contributed by atoms with E-state index < -0.39 is 0 Å². The van der Waals surface area contributed by atoms with Gasteiger partial charge in [-0.15, -0.1) is 6.58 Å². The van der Waals surface area contributed by atoms with Crippen LogP contribution in [0.3, 0.4) is 0 Å². The number of rotatable bonds is 4. The summed E-state index contributed by atoms with van der Waals surface area (Å²) < 4.78 is 0. The zero-order chi connectivity index (χ0) is 18.5. The second kappa shape index (κ2) is 12.0. The summed E-state index contributed by atoms with van der Waals surface area (Å²) >= 11 is 0. The van der Waals surface area contributed by atoms with Gasteiger partial charge in [-0.2, -0.15) is 0 Å². The summed E-state index contributed by atoms with van der Waals surface area (Å²) in [6.45, 7) is 19.6. The molecule has 0 fully saturated rings. The van der Waals surface area contributed by atoms with Crippen LogP contribution in [0.25, 0.3) is 11.3 Å². The molecule has 1 N–H and O–H groups in total. The van der Waals surface area contributed by atoms with E-state index in [1.807, 2.05) is 52.9 Å². The van der Waals surface area contributed by atoms with Crippen molar-refractivity contribution in [3.8, 4) is 0 Å². The van der Waals surface area contributed by atoms with Crippen molar-refractivity contribution in [2.45, 2.75) is 27.7 Å². The molecule has 0 bridgehead atoms. The largest absolute Gasteiger partial charge is 0.388 e. The van der Waals surface area contributed by atoms with Crippen molar-refractivity contribution in [3.05, 3.63) is 96.6 Å². The molecule has 1 heteroatoms. The second-order valence-electron chi connectivity index (χ2n) is 5.36. The van der Waals surface area contributed by atoms with Crippen LogP contribution in [-0.2, 0) is 0 Å². The third kappa shape index (κ3) is 7.64. The predicted octanol–water partition coefficient (Wildman–Crippen LogP) is 6.55. The Morgan fingerprint density at radius 2 is 1.08 bits per heavy atom. The van der Waals surface area contributed by atoms with Gasteiger partial charge in [-0.25, -0.2) is 0 Å². The van der Waals surface area contributed by atoms with Gasteiger partial charge in [0.1, 0.15) is 0 Å². The molecule has 2 aromatic rings. The second-order valence-corrected chi connectivity index (χ2v) is 5.36. The lowest BCUT2D eigenvalue weighted by atomic mass is 9.98. The van der Waals surface area contributed by atoms with Crippen molar-refractivity contribution in [1.82, 2.24) is 5.32 Å². The van der Waals surface area contributed by atoms with Crippen LogP contribution >= 0.6 is 0 Å². The molecule has 2 rings (SSSR count). The first-order chi connectivity index (χ1) is 11.5. The maximum absolute atomic E-state index is 4.15. The highest BCUT2D eigenvalue weighted by molar-refractivity contribution is 5.78. The van der Waals surface area contributed by atoms with Crippen molar-refractivity contribution >= 4 is 11.3 Å². The van der Waals surface area contributed by atoms with E-state index in [-0.39, 0.29) is 0 Å². The van der Waals surface area contributed by atoms with Crippen LogP contribution in [0.1, 0.15) is 44.4 Å². The molecular weight excluding hydrogens is 290 g/mol. The van der Waals surface area contributed by atoms with Crippen molar-refractivity contribution in [3.63, 3.8) is 0 Å². The van der Waals surface area contributed by atoms with Crippen LogP contribution in [0.15, 0.2) is 79.9 Å². The quantitative estimate of drug-likeness (QED) is 0.630. The molecule has 0 atom stereocenters. The Morgan fingerprint density at radius 3 is 1.50 bits per heavy atom. The summed E-state index contributed by atoms with van der Waals surface area (Å²) in [5.74, 6) is 0. The molecule has 0 radical (unpaired) electrons. The van der Waals surface area contributed by atoms with E-state index >= 15 is 0 Å². The first kappa shape index (κ1) is 21.5. The lowest BCUT2D eigenvalue weighted by molar-refractivity contribution is 1.13. The van der Waals surface area contributed by atoms with E-state index in [1.54, 1.807) is 0 Å². The first-order valence-corrected chi connectivity index (χ1v) is 8.29. The maximum Gasteiger partial charge on any atom is 0.0338 e. The number of nitrogens with one attached hydrogen (secondary N) is 1. The normalized spacial score (nSPS) is 8.71. The Bertz CT molecular complexity index is 629. The van der Waals surface area contributed by atoms with E-state index in [4.69, 9.17) is 0 Å². The van der Waals surface area contributed by atoms with Gasteiger partial charge in [-0.3, -0.25) is 0 Å². The molecule has 0 amide bonds. The Balaban J connectivity index is 0.000000773. The molecule has 0 aliphatic heterocycles. The summed E-state index contributed by atoms with van der Waals surface area (Å²) in [5.41, 5.74) is 6.51. The SMILES string of the molecule is C=C(C)C.C=C(NC)c1ccc(C(=C)c2ccccc2)cc1.CC. The van der Waals surface area contributed by atoms with Crippen LogP contribution in [0.2, 0.25) is 0 Å². The third-order valence-electron chi connectivity index (χ3n) is 3.01. The Labute approximate surface area is 148 Å². The van der Waals surface area contributed by atoms with Crippen LogP contribution in [-0.4, -0.2) is 7.05 Å². The minimum absolute atomic E-state index is 0.923. The molecule has 128 valence electrons. The van der Waals surface area contributed by atoms with Crippen molar-refractivity contribution < 1.29 is 0 Å². The molecule has 0 unspecified atom stereocenters. The standard InChI is InChI=1S/C17H17N.C4H8.C2H6/c1-13(15-7-5-4-6-8-15)16-9-11-17(12-10-16)14(2)18-3;1-4(2)3;1-2/h4-12,18H,1-2H2,3H3;1H2,2-3H3;1-2H3. The van der Waals surface area contributed by atoms with Crippen LogP contribution in [0.5, 0.6) is 0 Å². The zero-order valence-electron chi connectivity index (χ0n) is 15.8. The summed E-state index contributed by atoms with van der Waals surface area (Å²) in [6, 6.07) is 18.5. The number of hydrogen-bond donors (Lipinski definition) is 1. The lowest BCUT2D eigenvalue weighted by Crippen LogP contribution is -2.02. The van der Waals surface area contributed by atoms with E-state index in [2.05, 4.69) is 61.5 Å². The fourth-order valence-corrected chi connectivity index (χ4v) is 1.82. The van der Waals surface area contributed by atoms with Crippen molar-refractivity contribution in [2.75, 3.05) is 7.05 Å². The zero-order valence-corrected chi connectivity index (χ0v) is 15.8. The monoisotopic (exact) mass is 321 g/mol. The fourth-order valence-electron chi connectivity index (χ4n) is 1.82. The van der Waals surface area contributed by atoms with Gasteiger partial charge in [0.05, 0.1) is 0 Å². The molecule has 0 aliphatic rings. The smallest absolute Gasteiger partial charge is 0.0338 e. The van der Waals surface area contributed by atoms with Crippen LogP contribution in [0.4, 0.5) is 0 Å². The average Bonchev–Trinajstić information content (AvgIpc) is 2.62. The molecule has 1 nitrogen and oxygen atoms in total. The van der Waals surface area contributed by atoms with Gasteiger partial charge in [-0.05, 0) is 36.1 Å². The summed E-state index contributed by atoms with van der Waals surface area (Å²) in [7, 11) is 1.87. The van der Waals surface area contributed by atoms with E-state index in [9.17, 15) is 0 Å². The number of benzene rings is 2. The highest BCUT2D eigenvalue weighted by atomic mass is 14.8. The molecular formula is C23H31N. The summed E-state index contributed by atoms with van der Waals surface area (Å²) in [4.78, 5) is 0. The van der Waals surface area contributed by atoms with E-state index in [0.717, 1.165) is 28.0 Å². The van der Waals surface area contributed by atoms with Gasteiger partial charge in [0, 0.05) is 12.7 Å². The highest BCUT2D eigenvalue weighted by Gasteiger charge is 2.02. The van der Waals surface area contributed by atoms with Crippen molar-refractivity contribution in [1.29, 1.82) is 0 Å². The molecule has 24 heavy (non-hydrogen) atoms. The molecule has 2 aromatic carbocycles. The summed E-state index contributed by atoms with van der Waals surface area (Å²) in [6.07, 6.45) is 0. The molecule has 0 aliphatic carbocycles. The fraction of sp³-hybridized carbons (Fsp3) is 0.217. The van der Waals surface area contributed by atoms with Gasteiger partial charge in [0.15, 0.2) is 0 Å². The minimum Gasteiger partial charge on any atom is -0.388 e. The van der Waals surface area contributed by atoms with Gasteiger partial charge in [0.2, 0.25) is 0 Å². The predicted molar refractivity (Wildman–Crippen MR) is 111 cm³/mol. The molecule has 0 aromatic heterocycles. The molecule has 0 saturated carbocycles. The topological polar surface area (TPSA) is 12.0 Å². The van der Waals surface area contributed by atoms with Crippen LogP contribution in [0, 0.1) is 0 Å². The average molecular weight is 322 g/mol. The van der Waals surface area contributed by atoms with Crippen molar-refractivity contribution in [2.24, 2.45) is 0 Å². The number of hydrogen-bond acceptors (Lipinski definition) is 1. The first-order valence-electron chi connectivity index (χ1n) is 8.29. The Morgan fingerprint density at radius 1 is 0.708 bits per heavy atom. The highest BCUT2D eigenvalue weighted by Crippen LogP contribution is 2.22. The lowest BCUT2D eigenvalue weighted by Gasteiger charge is -2.09. The molecule has 0 spiro atoms. The summed E-state index contributed by atoms with van der Waals surface area (Å²) in [5, 5.41) is 3.04. The number of allylic oxidation sites excluding steroid dienone is 1. The van der Waals surface area contributed by atoms with Gasteiger partial charge in [0.25, 0.3) is 0 Å². The maximum atomic E-state index is 4.15. The minimum atomic E-state index is 0.923. The third-order valence-corrected chi connectivity index (χ3v) is 3.01. The van der Waals surface area contributed by atoms with Gasteiger partial charge < -0.3 is 5.32 Å². The van der Waals surface area contributed by atoms with Gasteiger partial charge in [-0.1, -0.05) is 87.2 Å². The molecule has 0 saturated heterocycles.